The molecule has 0 saturated carbocycles. The minimum atomic E-state index is 0.230. The van der Waals surface area contributed by atoms with Gasteiger partial charge in [0.25, 0.3) is 0 Å². The van der Waals surface area contributed by atoms with E-state index in [-0.39, 0.29) is 12.7 Å². The Balaban J connectivity index is 1.55. The number of hydrogen-bond donors (Lipinski definition) is 0. The van der Waals surface area contributed by atoms with Crippen LogP contribution in [0.25, 0.3) is 0 Å². The molecule has 0 amide bonds. The van der Waals surface area contributed by atoms with Gasteiger partial charge < -0.3 is 14.2 Å². The third-order valence-electron chi connectivity index (χ3n) is 4.12. The Labute approximate surface area is 173 Å². The predicted octanol–water partition coefficient (Wildman–Crippen LogP) is 6.07. The molecule has 0 unspecified atom stereocenters. The van der Waals surface area contributed by atoms with Crippen LogP contribution in [-0.4, -0.2) is 16.8 Å². The number of ether oxygens (including phenoxy) is 3. The largest absolute Gasteiger partial charge is 0.454 e. The van der Waals surface area contributed by atoms with Crippen LogP contribution in [0.15, 0.2) is 53.7 Å². The molecule has 1 aliphatic rings. The van der Waals surface area contributed by atoms with Crippen LogP contribution < -0.4 is 14.2 Å². The van der Waals surface area contributed by atoms with Crippen molar-refractivity contribution in [1.82, 2.24) is 9.97 Å². The molecule has 2 aromatic carbocycles. The van der Waals surface area contributed by atoms with E-state index in [1.807, 2.05) is 42.5 Å². The SMILES string of the molecule is CC(C)c1cc(Oc2ccc3c(c2)OCO3)nc(SCc2cccc(Cl)c2)n1. The van der Waals surface area contributed by atoms with Crippen LogP contribution in [-0.2, 0) is 5.75 Å². The van der Waals surface area contributed by atoms with Gasteiger partial charge in [-0.2, -0.15) is 4.98 Å². The summed E-state index contributed by atoms with van der Waals surface area (Å²) in [6.45, 7) is 4.42. The maximum absolute atomic E-state index is 6.07. The lowest BCUT2D eigenvalue weighted by Crippen LogP contribution is -2.00. The van der Waals surface area contributed by atoms with E-state index in [4.69, 9.17) is 25.8 Å². The van der Waals surface area contributed by atoms with E-state index in [0.29, 0.717) is 22.5 Å². The van der Waals surface area contributed by atoms with Gasteiger partial charge in [0.2, 0.25) is 12.7 Å². The zero-order chi connectivity index (χ0) is 19.5. The summed E-state index contributed by atoms with van der Waals surface area (Å²) in [4.78, 5) is 9.23. The second-order valence-corrected chi connectivity index (χ2v) is 7.98. The number of nitrogens with zero attached hydrogens (tertiary/aromatic N) is 2. The first-order valence-electron chi connectivity index (χ1n) is 8.90. The standard InChI is InChI=1S/C21H19ClN2O3S/c1-13(2)17-10-20(27-16-6-7-18-19(9-16)26-12-25-18)24-21(23-17)28-11-14-4-3-5-15(22)8-14/h3-10,13H,11-12H2,1-2H3. The maximum atomic E-state index is 6.07. The van der Waals surface area contributed by atoms with E-state index in [2.05, 4.69) is 23.8 Å². The molecule has 28 heavy (non-hydrogen) atoms. The van der Waals surface area contributed by atoms with Crippen molar-refractivity contribution in [2.45, 2.75) is 30.7 Å². The molecule has 0 fully saturated rings. The number of benzene rings is 2. The van der Waals surface area contributed by atoms with Crippen LogP contribution in [0.3, 0.4) is 0 Å². The van der Waals surface area contributed by atoms with Crippen LogP contribution in [0.5, 0.6) is 23.1 Å². The van der Waals surface area contributed by atoms with Crippen molar-refractivity contribution in [2.75, 3.05) is 6.79 Å². The van der Waals surface area contributed by atoms with Crippen LogP contribution in [0.4, 0.5) is 0 Å². The highest BCUT2D eigenvalue weighted by atomic mass is 35.5. The Kier molecular flexibility index (Phi) is 5.59. The molecule has 0 bridgehead atoms. The second-order valence-electron chi connectivity index (χ2n) is 6.60. The van der Waals surface area contributed by atoms with E-state index >= 15 is 0 Å². The Hall–Kier alpha value is -2.44. The first-order valence-corrected chi connectivity index (χ1v) is 10.3. The molecule has 144 valence electrons. The van der Waals surface area contributed by atoms with Crippen LogP contribution in [0.2, 0.25) is 5.02 Å². The molecule has 0 aliphatic carbocycles. The molecule has 1 aromatic heterocycles. The number of rotatable bonds is 6. The number of thioether (sulfide) groups is 1. The molecule has 7 heteroatoms. The second kappa shape index (κ2) is 8.29. The fourth-order valence-electron chi connectivity index (χ4n) is 2.67. The van der Waals surface area contributed by atoms with Gasteiger partial charge in [-0.1, -0.05) is 49.3 Å². The van der Waals surface area contributed by atoms with Gasteiger partial charge >= 0.3 is 0 Å². The normalized spacial score (nSPS) is 12.4. The Morgan fingerprint density at radius 3 is 2.75 bits per heavy atom. The molecule has 1 aliphatic heterocycles. The summed E-state index contributed by atoms with van der Waals surface area (Å²) < 4.78 is 16.7. The van der Waals surface area contributed by atoms with Crippen LogP contribution in [0.1, 0.15) is 31.0 Å². The molecule has 0 saturated heterocycles. The Morgan fingerprint density at radius 1 is 1.07 bits per heavy atom. The van der Waals surface area contributed by atoms with Gasteiger partial charge in [0.05, 0.1) is 5.69 Å². The van der Waals surface area contributed by atoms with E-state index < -0.39 is 0 Å². The number of hydrogen-bond acceptors (Lipinski definition) is 6. The van der Waals surface area contributed by atoms with Crippen molar-refractivity contribution < 1.29 is 14.2 Å². The molecule has 0 N–H and O–H groups in total. The maximum Gasteiger partial charge on any atom is 0.231 e. The van der Waals surface area contributed by atoms with Crippen LogP contribution in [0, 0.1) is 0 Å². The van der Waals surface area contributed by atoms with Crippen LogP contribution >= 0.6 is 23.4 Å². The third-order valence-corrected chi connectivity index (χ3v) is 5.27. The molecule has 4 rings (SSSR count). The van der Waals surface area contributed by atoms with E-state index in [0.717, 1.165) is 27.8 Å². The number of aromatic nitrogens is 2. The zero-order valence-corrected chi connectivity index (χ0v) is 17.1. The average Bonchev–Trinajstić information content (AvgIpc) is 3.14. The van der Waals surface area contributed by atoms with E-state index in [9.17, 15) is 0 Å². The average molecular weight is 415 g/mol. The predicted molar refractivity (Wildman–Crippen MR) is 110 cm³/mol. The molecule has 3 aromatic rings. The van der Waals surface area contributed by atoms with Gasteiger partial charge in [-0.25, -0.2) is 4.98 Å². The molecule has 2 heterocycles. The number of halogens is 1. The topological polar surface area (TPSA) is 53.5 Å². The summed E-state index contributed by atoms with van der Waals surface area (Å²) in [6, 6.07) is 15.1. The summed E-state index contributed by atoms with van der Waals surface area (Å²) in [5, 5.41) is 1.39. The van der Waals surface area contributed by atoms with Gasteiger partial charge in [0.15, 0.2) is 16.7 Å². The van der Waals surface area contributed by atoms with Gasteiger partial charge in [-0.05, 0) is 35.7 Å². The molecular weight excluding hydrogens is 396 g/mol. The van der Waals surface area contributed by atoms with E-state index in [1.54, 1.807) is 17.8 Å². The van der Waals surface area contributed by atoms with Crippen molar-refractivity contribution in [1.29, 1.82) is 0 Å². The van der Waals surface area contributed by atoms with Gasteiger partial charge in [0, 0.05) is 22.9 Å². The lowest BCUT2D eigenvalue weighted by molar-refractivity contribution is 0.174. The molecule has 0 atom stereocenters. The van der Waals surface area contributed by atoms with Gasteiger partial charge in [-0.15, -0.1) is 0 Å². The first kappa shape index (κ1) is 18.9. The highest BCUT2D eigenvalue weighted by Crippen LogP contribution is 2.37. The van der Waals surface area contributed by atoms with Gasteiger partial charge in [0.1, 0.15) is 5.75 Å². The minimum absolute atomic E-state index is 0.230. The third kappa shape index (κ3) is 4.51. The highest BCUT2D eigenvalue weighted by molar-refractivity contribution is 7.98. The fourth-order valence-corrected chi connectivity index (χ4v) is 3.68. The zero-order valence-electron chi connectivity index (χ0n) is 15.5. The molecule has 5 nitrogen and oxygen atoms in total. The smallest absolute Gasteiger partial charge is 0.231 e. The summed E-state index contributed by atoms with van der Waals surface area (Å²) in [7, 11) is 0. The fraction of sp³-hybridized carbons (Fsp3) is 0.238. The Bertz CT molecular complexity index is 997. The first-order chi connectivity index (χ1) is 13.6. The van der Waals surface area contributed by atoms with Crippen molar-refractivity contribution in [2.24, 2.45) is 0 Å². The minimum Gasteiger partial charge on any atom is -0.454 e. The highest BCUT2D eigenvalue weighted by Gasteiger charge is 2.15. The lowest BCUT2D eigenvalue weighted by atomic mass is 10.1. The summed E-state index contributed by atoms with van der Waals surface area (Å²) in [5.74, 6) is 3.52. The summed E-state index contributed by atoms with van der Waals surface area (Å²) in [6.07, 6.45) is 0. The van der Waals surface area contributed by atoms with Crippen molar-refractivity contribution in [3.05, 3.63) is 64.8 Å². The van der Waals surface area contributed by atoms with Gasteiger partial charge in [-0.3, -0.25) is 0 Å². The quantitative estimate of drug-likeness (QED) is 0.360. The van der Waals surface area contributed by atoms with Crippen molar-refractivity contribution >= 4 is 23.4 Å². The summed E-state index contributed by atoms with van der Waals surface area (Å²) >= 11 is 7.62. The van der Waals surface area contributed by atoms with Crippen molar-refractivity contribution in [3.8, 4) is 23.1 Å². The molecule has 0 spiro atoms. The number of fused-ring (bicyclic) bond motifs is 1. The lowest BCUT2D eigenvalue weighted by Gasteiger charge is -2.11. The van der Waals surface area contributed by atoms with Crippen molar-refractivity contribution in [3.63, 3.8) is 0 Å². The monoisotopic (exact) mass is 414 g/mol. The molecule has 0 radical (unpaired) electrons. The van der Waals surface area contributed by atoms with E-state index in [1.165, 1.54) is 0 Å². The Morgan fingerprint density at radius 2 is 1.93 bits per heavy atom. The molecular formula is C21H19ClN2O3S. The summed E-state index contributed by atoms with van der Waals surface area (Å²) in [5.41, 5.74) is 2.05.